The van der Waals surface area contributed by atoms with Gasteiger partial charge >= 0.3 is 0 Å². The van der Waals surface area contributed by atoms with Crippen LogP contribution in [0.2, 0.25) is 0 Å². The largest absolute Gasteiger partial charge is 0.349 e. The maximum Gasteiger partial charge on any atom is 0.164 e. The van der Waals surface area contributed by atoms with E-state index in [9.17, 15) is 5.21 Å². The van der Waals surface area contributed by atoms with Gasteiger partial charge in [0.2, 0.25) is 0 Å². The van der Waals surface area contributed by atoms with E-state index in [2.05, 4.69) is 11.8 Å². The Morgan fingerprint density at radius 1 is 1.00 bits per heavy atom. The molecule has 0 aliphatic carbocycles. The van der Waals surface area contributed by atoms with Gasteiger partial charge in [0.1, 0.15) is 24.4 Å². The van der Waals surface area contributed by atoms with E-state index in [1.165, 1.54) is 0 Å². The van der Waals surface area contributed by atoms with E-state index in [0.29, 0.717) is 6.61 Å². The van der Waals surface area contributed by atoms with Crippen LogP contribution in [0.3, 0.4) is 0 Å². The van der Waals surface area contributed by atoms with Gasteiger partial charge in [-0.05, 0) is 46.8 Å². The number of fused-ring (bicyclic) bond motifs is 1. The first kappa shape index (κ1) is 20.8. The van der Waals surface area contributed by atoms with Crippen molar-refractivity contribution in [3.63, 3.8) is 0 Å². The fourth-order valence-electron chi connectivity index (χ4n) is 3.99. The Balaban J connectivity index is 1.51. The van der Waals surface area contributed by atoms with Gasteiger partial charge in [-0.2, -0.15) is 0 Å². The van der Waals surface area contributed by atoms with Crippen molar-refractivity contribution in [3.8, 4) is 11.8 Å². The first-order valence-corrected chi connectivity index (χ1v) is 10.0. The minimum absolute atomic E-state index is 0.306. The van der Waals surface area contributed by atoms with Gasteiger partial charge in [-0.1, -0.05) is 30.0 Å². The molecule has 0 spiro atoms. The predicted molar refractivity (Wildman–Crippen MR) is 104 cm³/mol. The van der Waals surface area contributed by atoms with Gasteiger partial charge in [0.05, 0.1) is 12.6 Å². The highest BCUT2D eigenvalue weighted by Gasteiger charge is 2.60. The van der Waals surface area contributed by atoms with Gasteiger partial charge in [-0.3, -0.25) is 0 Å². The second-order valence-electron chi connectivity index (χ2n) is 8.61. The van der Waals surface area contributed by atoms with Crippen molar-refractivity contribution in [2.75, 3.05) is 6.61 Å². The Bertz CT molecular complexity index is 785. The molecule has 3 fully saturated rings. The molecular formula is C22H29NO6. The first-order valence-electron chi connectivity index (χ1n) is 10.0. The number of hydrogen-bond donors (Lipinski definition) is 1. The second-order valence-corrected chi connectivity index (χ2v) is 8.61. The summed E-state index contributed by atoms with van der Waals surface area (Å²) in [4.78, 5) is 0. The maximum atomic E-state index is 10.9. The fraction of sp³-hybridized carbons (Fsp3) is 0.636. The lowest BCUT2D eigenvalue weighted by Crippen LogP contribution is -2.46. The summed E-state index contributed by atoms with van der Waals surface area (Å²) in [6.07, 6.45) is -2.29. The topological polar surface area (TPSA) is 69.6 Å². The van der Waals surface area contributed by atoms with E-state index in [0.717, 1.165) is 10.6 Å². The van der Waals surface area contributed by atoms with Gasteiger partial charge < -0.3 is 28.9 Å². The SMILES string of the molecule is CC(C#Cc1ccccc1)N(O)C1O[C@H]([C@H]2COC(C)(C)O2)[C@@H]2OC(C)(C)O[C@H]12. The van der Waals surface area contributed by atoms with Gasteiger partial charge in [-0.15, -0.1) is 5.06 Å². The molecule has 2 unspecified atom stereocenters. The second kappa shape index (κ2) is 7.64. The molecule has 29 heavy (non-hydrogen) atoms. The monoisotopic (exact) mass is 403 g/mol. The zero-order valence-electron chi connectivity index (χ0n) is 17.5. The minimum atomic E-state index is -0.773. The van der Waals surface area contributed by atoms with E-state index < -0.39 is 36.1 Å². The van der Waals surface area contributed by atoms with Crippen LogP contribution in [0.1, 0.15) is 40.2 Å². The van der Waals surface area contributed by atoms with E-state index in [1.54, 1.807) is 0 Å². The summed E-state index contributed by atoms with van der Waals surface area (Å²) in [6.45, 7) is 9.66. The smallest absolute Gasteiger partial charge is 0.164 e. The number of benzene rings is 1. The number of nitrogens with zero attached hydrogens (tertiary/aromatic N) is 1. The molecule has 0 amide bonds. The molecule has 3 aliphatic heterocycles. The van der Waals surface area contributed by atoms with Crippen molar-refractivity contribution < 1.29 is 28.9 Å². The molecule has 1 aromatic carbocycles. The number of ether oxygens (including phenoxy) is 5. The average Bonchev–Trinajstić information content (AvgIpc) is 3.29. The molecule has 0 bridgehead atoms. The lowest BCUT2D eigenvalue weighted by molar-refractivity contribution is -0.276. The van der Waals surface area contributed by atoms with E-state index in [4.69, 9.17) is 23.7 Å². The van der Waals surface area contributed by atoms with Crippen LogP contribution >= 0.6 is 0 Å². The molecular weight excluding hydrogens is 374 g/mol. The number of hydroxylamine groups is 2. The standard InChI is InChI=1S/C22H29NO6/c1-14(11-12-15-9-7-6-8-10-15)23(24)20-19-18(28-22(4,5)29-19)17(26-20)16-13-25-21(2,3)27-16/h6-10,14,16-20,24H,13H2,1-5H3/t14?,16-,17-,18+,19+,20?/m1/s1. The van der Waals surface area contributed by atoms with E-state index in [-0.39, 0.29) is 12.2 Å². The van der Waals surface area contributed by atoms with Crippen molar-refractivity contribution in [2.24, 2.45) is 0 Å². The highest BCUT2D eigenvalue weighted by molar-refractivity contribution is 5.34. The molecule has 0 saturated carbocycles. The molecule has 7 heteroatoms. The van der Waals surface area contributed by atoms with Crippen molar-refractivity contribution in [2.45, 2.75) is 82.9 Å². The highest BCUT2D eigenvalue weighted by Crippen LogP contribution is 2.43. The highest BCUT2D eigenvalue weighted by atomic mass is 16.8. The Labute approximate surface area is 171 Å². The Morgan fingerprint density at radius 3 is 2.34 bits per heavy atom. The van der Waals surface area contributed by atoms with Gasteiger partial charge in [-0.25, -0.2) is 0 Å². The molecule has 0 aromatic heterocycles. The fourth-order valence-corrected chi connectivity index (χ4v) is 3.99. The summed E-state index contributed by atoms with van der Waals surface area (Å²) in [5.74, 6) is 4.70. The van der Waals surface area contributed by atoms with Crippen molar-refractivity contribution >= 4 is 0 Å². The van der Waals surface area contributed by atoms with E-state index >= 15 is 0 Å². The number of rotatable bonds is 3. The van der Waals surface area contributed by atoms with Crippen molar-refractivity contribution in [1.29, 1.82) is 0 Å². The van der Waals surface area contributed by atoms with Gasteiger partial charge in [0, 0.05) is 5.56 Å². The molecule has 4 rings (SSSR count). The van der Waals surface area contributed by atoms with Crippen LogP contribution in [0, 0.1) is 11.8 Å². The van der Waals surface area contributed by atoms with Crippen LogP contribution in [0.15, 0.2) is 30.3 Å². The third-order valence-electron chi connectivity index (χ3n) is 5.32. The average molecular weight is 403 g/mol. The lowest BCUT2D eigenvalue weighted by atomic mass is 10.1. The third kappa shape index (κ3) is 4.35. The summed E-state index contributed by atoms with van der Waals surface area (Å²) in [5.41, 5.74) is 0.885. The van der Waals surface area contributed by atoms with Crippen LogP contribution in [-0.2, 0) is 23.7 Å². The van der Waals surface area contributed by atoms with Crippen LogP contribution in [0.25, 0.3) is 0 Å². The van der Waals surface area contributed by atoms with Crippen molar-refractivity contribution in [1.82, 2.24) is 5.06 Å². The number of hydrogen-bond acceptors (Lipinski definition) is 7. The summed E-state index contributed by atoms with van der Waals surface area (Å²) < 4.78 is 30.0. The summed E-state index contributed by atoms with van der Waals surface area (Å²) >= 11 is 0. The predicted octanol–water partition coefficient (Wildman–Crippen LogP) is 2.51. The van der Waals surface area contributed by atoms with Crippen LogP contribution in [0.5, 0.6) is 0 Å². The molecule has 3 saturated heterocycles. The molecule has 158 valence electrons. The molecule has 1 aromatic rings. The summed E-state index contributed by atoms with van der Waals surface area (Å²) in [7, 11) is 0. The van der Waals surface area contributed by atoms with Crippen LogP contribution in [0.4, 0.5) is 0 Å². The molecule has 0 radical (unpaired) electrons. The Morgan fingerprint density at radius 2 is 1.69 bits per heavy atom. The van der Waals surface area contributed by atoms with Gasteiger partial charge in [0.25, 0.3) is 0 Å². The zero-order valence-corrected chi connectivity index (χ0v) is 17.5. The Hall–Kier alpha value is -1.50. The first-order chi connectivity index (χ1) is 13.7. The normalized spacial score (nSPS) is 35.9. The molecule has 6 atom stereocenters. The summed E-state index contributed by atoms with van der Waals surface area (Å²) in [5, 5.41) is 12.0. The third-order valence-corrected chi connectivity index (χ3v) is 5.32. The minimum Gasteiger partial charge on any atom is -0.349 e. The summed E-state index contributed by atoms with van der Waals surface area (Å²) in [6, 6.07) is 9.18. The molecule has 3 aliphatic rings. The van der Waals surface area contributed by atoms with Crippen molar-refractivity contribution in [3.05, 3.63) is 35.9 Å². The molecule has 7 nitrogen and oxygen atoms in total. The van der Waals surface area contributed by atoms with Gasteiger partial charge in [0.15, 0.2) is 17.8 Å². The van der Waals surface area contributed by atoms with Crippen LogP contribution < -0.4 is 0 Å². The van der Waals surface area contributed by atoms with Crippen LogP contribution in [-0.4, -0.2) is 65.1 Å². The molecule has 3 heterocycles. The quantitative estimate of drug-likeness (QED) is 0.614. The van der Waals surface area contributed by atoms with E-state index in [1.807, 2.05) is 65.0 Å². The Kier molecular flexibility index (Phi) is 5.47. The molecule has 1 N–H and O–H groups in total. The zero-order chi connectivity index (χ0) is 20.8. The maximum absolute atomic E-state index is 10.9. The lowest BCUT2D eigenvalue weighted by Gasteiger charge is -2.30.